The minimum absolute atomic E-state index is 0.435. The van der Waals surface area contributed by atoms with E-state index in [-0.39, 0.29) is 0 Å². The SMILES string of the molecule is CCC.N#Cc1ccccc1C#N. The third-order valence-corrected chi connectivity index (χ3v) is 1.17. The van der Waals surface area contributed by atoms with Gasteiger partial charge >= 0.3 is 0 Å². The van der Waals surface area contributed by atoms with Gasteiger partial charge in [-0.05, 0) is 12.1 Å². The molecule has 0 saturated carbocycles. The molecule has 2 nitrogen and oxygen atoms in total. The van der Waals surface area contributed by atoms with E-state index in [4.69, 9.17) is 10.5 Å². The molecule has 0 unspecified atom stereocenters. The molecule has 0 spiro atoms. The van der Waals surface area contributed by atoms with E-state index in [0.717, 1.165) is 0 Å². The largest absolute Gasteiger partial charge is 0.192 e. The Morgan fingerprint density at radius 2 is 1.31 bits per heavy atom. The molecule has 0 saturated heterocycles. The van der Waals surface area contributed by atoms with Crippen molar-refractivity contribution in [2.45, 2.75) is 20.3 Å². The van der Waals surface area contributed by atoms with Crippen molar-refractivity contribution < 1.29 is 0 Å². The maximum absolute atomic E-state index is 8.45. The summed E-state index contributed by atoms with van der Waals surface area (Å²) in [6, 6.07) is 10.6. The van der Waals surface area contributed by atoms with E-state index in [0.29, 0.717) is 11.1 Å². The lowest BCUT2D eigenvalue weighted by Crippen LogP contribution is -1.79. The summed E-state index contributed by atoms with van der Waals surface area (Å²) in [7, 11) is 0. The topological polar surface area (TPSA) is 47.6 Å². The molecule has 1 aromatic carbocycles. The molecule has 0 aliphatic heterocycles. The lowest BCUT2D eigenvalue weighted by Gasteiger charge is -1.88. The van der Waals surface area contributed by atoms with Gasteiger partial charge < -0.3 is 0 Å². The van der Waals surface area contributed by atoms with Crippen molar-refractivity contribution >= 4 is 0 Å². The van der Waals surface area contributed by atoms with E-state index in [2.05, 4.69) is 13.8 Å². The van der Waals surface area contributed by atoms with Crippen LogP contribution in [0.1, 0.15) is 31.4 Å². The molecule has 0 bridgehead atoms. The molecule has 0 aromatic heterocycles. The van der Waals surface area contributed by atoms with Gasteiger partial charge in [0.2, 0.25) is 0 Å². The van der Waals surface area contributed by atoms with E-state index >= 15 is 0 Å². The maximum atomic E-state index is 8.45. The average Bonchev–Trinajstić information content (AvgIpc) is 2.19. The molecule has 0 amide bonds. The molecule has 0 aliphatic carbocycles. The van der Waals surface area contributed by atoms with Crippen LogP contribution in [-0.2, 0) is 0 Å². The fourth-order valence-electron chi connectivity index (χ4n) is 0.678. The third-order valence-electron chi connectivity index (χ3n) is 1.17. The first kappa shape index (κ1) is 11.2. The van der Waals surface area contributed by atoms with E-state index in [1.807, 2.05) is 12.1 Å². The molecule has 1 rings (SSSR count). The van der Waals surface area contributed by atoms with Gasteiger partial charge in [-0.3, -0.25) is 0 Å². The van der Waals surface area contributed by atoms with Crippen LogP contribution in [-0.4, -0.2) is 0 Å². The zero-order valence-corrected chi connectivity index (χ0v) is 7.91. The van der Waals surface area contributed by atoms with Crippen molar-refractivity contribution in [3.05, 3.63) is 35.4 Å². The Bertz CT molecular complexity index is 296. The second kappa shape index (κ2) is 6.88. The normalized spacial score (nSPS) is 7.38. The fraction of sp³-hybridized carbons (Fsp3) is 0.273. The van der Waals surface area contributed by atoms with Gasteiger partial charge in [0.05, 0.1) is 11.1 Å². The van der Waals surface area contributed by atoms with Crippen molar-refractivity contribution in [2.75, 3.05) is 0 Å². The van der Waals surface area contributed by atoms with Crippen LogP contribution in [0.15, 0.2) is 24.3 Å². The first-order valence-electron chi connectivity index (χ1n) is 4.19. The highest BCUT2D eigenvalue weighted by molar-refractivity contribution is 5.44. The minimum atomic E-state index is 0.435. The molecule has 13 heavy (non-hydrogen) atoms. The lowest BCUT2D eigenvalue weighted by molar-refractivity contribution is 1.09. The summed E-state index contributed by atoms with van der Waals surface area (Å²) in [4.78, 5) is 0. The van der Waals surface area contributed by atoms with Gasteiger partial charge in [-0.25, -0.2) is 0 Å². The van der Waals surface area contributed by atoms with Crippen LogP contribution in [0.25, 0.3) is 0 Å². The Labute approximate surface area is 79.0 Å². The Hall–Kier alpha value is -1.80. The van der Waals surface area contributed by atoms with Crippen LogP contribution in [0, 0.1) is 22.7 Å². The van der Waals surface area contributed by atoms with Crippen LogP contribution >= 0.6 is 0 Å². The van der Waals surface area contributed by atoms with Crippen LogP contribution in [0.4, 0.5) is 0 Å². The Morgan fingerprint density at radius 3 is 1.54 bits per heavy atom. The molecular weight excluding hydrogens is 160 g/mol. The molecule has 2 heteroatoms. The molecule has 0 N–H and O–H groups in total. The summed E-state index contributed by atoms with van der Waals surface area (Å²) < 4.78 is 0. The predicted octanol–water partition coefficient (Wildman–Crippen LogP) is 2.85. The highest BCUT2D eigenvalue weighted by Crippen LogP contribution is 2.03. The van der Waals surface area contributed by atoms with Crippen molar-refractivity contribution in [3.63, 3.8) is 0 Å². The smallest absolute Gasteiger partial charge is 0.101 e. The van der Waals surface area contributed by atoms with Gasteiger partial charge in [0.1, 0.15) is 12.1 Å². The first-order valence-corrected chi connectivity index (χ1v) is 4.19. The Morgan fingerprint density at radius 1 is 1.00 bits per heavy atom. The van der Waals surface area contributed by atoms with Crippen molar-refractivity contribution in [1.29, 1.82) is 10.5 Å². The Balaban J connectivity index is 0.000000424. The summed E-state index contributed by atoms with van der Waals surface area (Å²) in [6.07, 6.45) is 1.25. The summed E-state index contributed by atoms with van der Waals surface area (Å²) in [5.41, 5.74) is 0.870. The van der Waals surface area contributed by atoms with Gasteiger partial charge in [-0.15, -0.1) is 0 Å². The Kier molecular flexibility index (Phi) is 5.93. The standard InChI is InChI=1S/C8H4N2.C3H8/c9-5-7-3-1-2-4-8(7)6-10;1-3-2/h1-4H;3H2,1-2H3. The summed E-state index contributed by atoms with van der Waals surface area (Å²) in [5.74, 6) is 0. The number of hydrogen-bond acceptors (Lipinski definition) is 2. The average molecular weight is 172 g/mol. The summed E-state index contributed by atoms with van der Waals surface area (Å²) >= 11 is 0. The van der Waals surface area contributed by atoms with Crippen LogP contribution < -0.4 is 0 Å². The van der Waals surface area contributed by atoms with Gasteiger partial charge in [-0.2, -0.15) is 10.5 Å². The van der Waals surface area contributed by atoms with E-state index in [9.17, 15) is 0 Å². The zero-order chi connectivity index (χ0) is 10.1. The molecular formula is C11H12N2. The van der Waals surface area contributed by atoms with Crippen molar-refractivity contribution in [3.8, 4) is 12.1 Å². The monoisotopic (exact) mass is 172 g/mol. The number of hydrogen-bond donors (Lipinski definition) is 0. The summed E-state index contributed by atoms with van der Waals surface area (Å²) in [6.45, 7) is 4.25. The van der Waals surface area contributed by atoms with Crippen LogP contribution in [0.3, 0.4) is 0 Å². The zero-order valence-electron chi connectivity index (χ0n) is 7.91. The lowest BCUT2D eigenvalue weighted by atomic mass is 10.1. The van der Waals surface area contributed by atoms with E-state index < -0.39 is 0 Å². The number of nitrogens with zero attached hydrogens (tertiary/aromatic N) is 2. The number of rotatable bonds is 0. The summed E-state index contributed by atoms with van der Waals surface area (Å²) in [5, 5.41) is 16.9. The van der Waals surface area contributed by atoms with Gasteiger partial charge in [0.15, 0.2) is 0 Å². The molecule has 0 aliphatic rings. The highest BCUT2D eigenvalue weighted by atomic mass is 14.3. The third kappa shape index (κ3) is 3.94. The van der Waals surface area contributed by atoms with Crippen LogP contribution in [0.5, 0.6) is 0 Å². The second-order valence-electron chi connectivity index (χ2n) is 2.48. The minimum Gasteiger partial charge on any atom is -0.192 e. The molecule has 0 atom stereocenters. The molecule has 0 radical (unpaired) electrons. The predicted molar refractivity (Wildman–Crippen MR) is 51.8 cm³/mol. The van der Waals surface area contributed by atoms with Gasteiger partial charge in [0.25, 0.3) is 0 Å². The quantitative estimate of drug-likeness (QED) is 0.604. The molecule has 66 valence electrons. The van der Waals surface area contributed by atoms with E-state index in [1.54, 1.807) is 24.3 Å². The maximum Gasteiger partial charge on any atom is 0.101 e. The molecule has 0 fully saturated rings. The van der Waals surface area contributed by atoms with Gasteiger partial charge in [-0.1, -0.05) is 32.4 Å². The van der Waals surface area contributed by atoms with Crippen molar-refractivity contribution in [2.24, 2.45) is 0 Å². The molecule has 0 heterocycles. The molecule has 1 aromatic rings. The van der Waals surface area contributed by atoms with E-state index in [1.165, 1.54) is 6.42 Å². The number of nitriles is 2. The highest BCUT2D eigenvalue weighted by Gasteiger charge is 1.95. The first-order chi connectivity index (χ1) is 6.29. The van der Waals surface area contributed by atoms with Gasteiger partial charge in [0, 0.05) is 0 Å². The number of benzene rings is 1. The van der Waals surface area contributed by atoms with Crippen LogP contribution in [0.2, 0.25) is 0 Å². The second-order valence-corrected chi connectivity index (χ2v) is 2.48. The van der Waals surface area contributed by atoms with Crippen molar-refractivity contribution in [1.82, 2.24) is 0 Å². The fourth-order valence-corrected chi connectivity index (χ4v) is 0.678.